The first-order valence-corrected chi connectivity index (χ1v) is 9.18. The first-order valence-electron chi connectivity index (χ1n) is 6.73. The maximum atomic E-state index is 12.1. The maximum absolute atomic E-state index is 12.1. The molecule has 1 amide bonds. The Morgan fingerprint density at radius 1 is 0.818 bits per heavy atom. The predicted octanol–water partition coefficient (Wildman–Crippen LogP) is 3.74. The fourth-order valence-electron chi connectivity index (χ4n) is 1.88. The van der Waals surface area contributed by atoms with E-state index in [0.717, 1.165) is 9.79 Å². The molecule has 0 atom stereocenters. The lowest BCUT2D eigenvalue weighted by atomic mass is 10.1. The van der Waals surface area contributed by atoms with Crippen LogP contribution >= 0.6 is 23.5 Å². The molecule has 0 aliphatic heterocycles. The highest BCUT2D eigenvalue weighted by atomic mass is 32.2. The summed E-state index contributed by atoms with van der Waals surface area (Å²) < 4.78 is 0. The van der Waals surface area contributed by atoms with Crippen LogP contribution in [-0.4, -0.2) is 30.7 Å². The number of ketones is 1. The molecular formula is C17H17NO2S2. The Hall–Kier alpha value is -1.72. The van der Waals surface area contributed by atoms with Crippen LogP contribution in [0.3, 0.4) is 0 Å². The van der Waals surface area contributed by atoms with Crippen LogP contribution in [0.1, 0.15) is 20.7 Å². The highest BCUT2D eigenvalue weighted by molar-refractivity contribution is 7.98. The van der Waals surface area contributed by atoms with Gasteiger partial charge in [0.15, 0.2) is 5.78 Å². The summed E-state index contributed by atoms with van der Waals surface area (Å²) in [7, 11) is 0. The Labute approximate surface area is 138 Å². The van der Waals surface area contributed by atoms with Gasteiger partial charge in [0.2, 0.25) is 0 Å². The monoisotopic (exact) mass is 331 g/mol. The summed E-state index contributed by atoms with van der Waals surface area (Å²) >= 11 is 3.25. The number of carbonyl (C=O) groups is 2. The van der Waals surface area contributed by atoms with E-state index in [1.807, 2.05) is 36.8 Å². The van der Waals surface area contributed by atoms with Crippen molar-refractivity contribution in [1.29, 1.82) is 0 Å². The third-order valence-corrected chi connectivity index (χ3v) is 4.66. The second-order valence-corrected chi connectivity index (χ2v) is 6.32. The van der Waals surface area contributed by atoms with Crippen molar-refractivity contribution >= 4 is 35.2 Å². The van der Waals surface area contributed by atoms with E-state index in [1.54, 1.807) is 47.8 Å². The normalized spacial score (nSPS) is 10.3. The van der Waals surface area contributed by atoms with Crippen molar-refractivity contribution in [2.75, 3.05) is 19.1 Å². The van der Waals surface area contributed by atoms with Gasteiger partial charge in [-0.1, -0.05) is 12.1 Å². The summed E-state index contributed by atoms with van der Waals surface area (Å²) in [6, 6.07) is 14.7. The molecule has 0 spiro atoms. The molecule has 3 nitrogen and oxygen atoms in total. The zero-order valence-electron chi connectivity index (χ0n) is 12.5. The summed E-state index contributed by atoms with van der Waals surface area (Å²) in [5.74, 6) is -0.330. The van der Waals surface area contributed by atoms with Crippen molar-refractivity contribution in [3.63, 3.8) is 0 Å². The molecule has 5 heteroatoms. The molecule has 0 bridgehead atoms. The molecule has 2 aromatic rings. The molecule has 0 heterocycles. The zero-order chi connectivity index (χ0) is 15.9. The van der Waals surface area contributed by atoms with Gasteiger partial charge in [-0.3, -0.25) is 9.59 Å². The molecule has 0 fully saturated rings. The van der Waals surface area contributed by atoms with Crippen molar-refractivity contribution in [3.8, 4) is 0 Å². The van der Waals surface area contributed by atoms with Gasteiger partial charge in [0.25, 0.3) is 5.91 Å². The summed E-state index contributed by atoms with van der Waals surface area (Å²) in [5, 5.41) is 2.66. The number of nitrogens with one attached hydrogen (secondary N) is 1. The van der Waals surface area contributed by atoms with Crippen molar-refractivity contribution in [2.24, 2.45) is 0 Å². The van der Waals surface area contributed by atoms with E-state index in [9.17, 15) is 9.59 Å². The lowest BCUT2D eigenvalue weighted by Crippen LogP contribution is -2.29. The molecule has 0 aliphatic carbocycles. The van der Waals surface area contributed by atoms with Crippen LogP contribution in [0, 0.1) is 0 Å². The zero-order valence-corrected chi connectivity index (χ0v) is 14.1. The molecule has 2 rings (SSSR count). The van der Waals surface area contributed by atoms with Crippen LogP contribution in [0.2, 0.25) is 0 Å². The molecule has 0 unspecified atom stereocenters. The van der Waals surface area contributed by atoms with Crippen LogP contribution in [0.25, 0.3) is 0 Å². The lowest BCUT2D eigenvalue weighted by Gasteiger charge is -2.06. The SMILES string of the molecule is CSc1ccc(C(=O)CNC(=O)c2ccc(SC)cc2)cc1. The van der Waals surface area contributed by atoms with E-state index < -0.39 is 0 Å². The lowest BCUT2D eigenvalue weighted by molar-refractivity contribution is 0.0904. The third kappa shape index (κ3) is 4.39. The number of benzene rings is 2. The van der Waals surface area contributed by atoms with Crippen LogP contribution in [-0.2, 0) is 0 Å². The standard InChI is InChI=1S/C17H17NO2S2/c1-21-14-7-3-12(4-8-14)16(19)11-18-17(20)13-5-9-15(22-2)10-6-13/h3-10H,11H2,1-2H3,(H,18,20). The topological polar surface area (TPSA) is 46.2 Å². The highest BCUT2D eigenvalue weighted by Crippen LogP contribution is 2.16. The highest BCUT2D eigenvalue weighted by Gasteiger charge is 2.10. The Morgan fingerprint density at radius 2 is 1.27 bits per heavy atom. The summed E-state index contributed by atoms with van der Waals surface area (Å²) in [5.41, 5.74) is 1.17. The summed E-state index contributed by atoms with van der Waals surface area (Å²) in [6.45, 7) is 0.00171. The average Bonchev–Trinajstić information content (AvgIpc) is 2.59. The number of rotatable bonds is 6. The number of carbonyl (C=O) groups excluding carboxylic acids is 2. The van der Waals surface area contributed by atoms with E-state index in [-0.39, 0.29) is 18.2 Å². The fraction of sp³-hybridized carbons (Fsp3) is 0.176. The van der Waals surface area contributed by atoms with Crippen molar-refractivity contribution in [2.45, 2.75) is 9.79 Å². The minimum atomic E-state index is -0.235. The van der Waals surface area contributed by atoms with E-state index in [2.05, 4.69) is 5.32 Å². The number of thioether (sulfide) groups is 2. The molecule has 0 aliphatic rings. The van der Waals surface area contributed by atoms with E-state index in [4.69, 9.17) is 0 Å². The van der Waals surface area contributed by atoms with Gasteiger partial charge in [0.05, 0.1) is 6.54 Å². The van der Waals surface area contributed by atoms with Crippen LogP contribution < -0.4 is 5.32 Å². The minimum Gasteiger partial charge on any atom is -0.345 e. The first-order chi connectivity index (χ1) is 10.6. The molecule has 2 aromatic carbocycles. The molecule has 0 aromatic heterocycles. The average molecular weight is 331 g/mol. The largest absolute Gasteiger partial charge is 0.345 e. The van der Waals surface area contributed by atoms with Gasteiger partial charge in [-0.25, -0.2) is 0 Å². The van der Waals surface area contributed by atoms with Crippen LogP contribution in [0.5, 0.6) is 0 Å². The van der Waals surface area contributed by atoms with Crippen LogP contribution in [0.4, 0.5) is 0 Å². The number of hydrogen-bond donors (Lipinski definition) is 1. The Kier molecular flexibility index (Phi) is 6.10. The number of Topliss-reactive ketones (excluding diaryl/α,β-unsaturated/α-hetero) is 1. The molecule has 114 valence electrons. The molecule has 0 radical (unpaired) electrons. The van der Waals surface area contributed by atoms with Gasteiger partial charge in [0, 0.05) is 20.9 Å². The van der Waals surface area contributed by atoms with Gasteiger partial charge in [0.1, 0.15) is 0 Å². The molecule has 1 N–H and O–H groups in total. The van der Waals surface area contributed by atoms with Gasteiger partial charge >= 0.3 is 0 Å². The quantitative estimate of drug-likeness (QED) is 0.647. The van der Waals surface area contributed by atoms with Gasteiger partial charge in [-0.15, -0.1) is 23.5 Å². The maximum Gasteiger partial charge on any atom is 0.251 e. The summed E-state index contributed by atoms with van der Waals surface area (Å²) in [6.07, 6.45) is 3.97. The second kappa shape index (κ2) is 8.06. The Balaban J connectivity index is 1.92. The van der Waals surface area contributed by atoms with E-state index >= 15 is 0 Å². The van der Waals surface area contributed by atoms with Crippen molar-refractivity contribution in [1.82, 2.24) is 5.32 Å². The van der Waals surface area contributed by atoms with Crippen molar-refractivity contribution in [3.05, 3.63) is 59.7 Å². The van der Waals surface area contributed by atoms with Gasteiger partial charge in [-0.2, -0.15) is 0 Å². The molecule has 22 heavy (non-hydrogen) atoms. The number of hydrogen-bond acceptors (Lipinski definition) is 4. The minimum absolute atomic E-state index is 0.00171. The van der Waals surface area contributed by atoms with Crippen molar-refractivity contribution < 1.29 is 9.59 Å². The van der Waals surface area contributed by atoms with E-state index in [0.29, 0.717) is 11.1 Å². The second-order valence-electron chi connectivity index (χ2n) is 4.56. The van der Waals surface area contributed by atoms with Crippen LogP contribution in [0.15, 0.2) is 58.3 Å². The third-order valence-electron chi connectivity index (χ3n) is 3.17. The predicted molar refractivity (Wildman–Crippen MR) is 93.1 cm³/mol. The number of amides is 1. The Bertz CT molecular complexity index is 592. The van der Waals surface area contributed by atoms with Gasteiger partial charge in [-0.05, 0) is 48.9 Å². The summed E-state index contributed by atoms with van der Waals surface area (Å²) in [4.78, 5) is 26.3. The molecule has 0 saturated carbocycles. The molecular weight excluding hydrogens is 314 g/mol. The van der Waals surface area contributed by atoms with E-state index in [1.165, 1.54) is 0 Å². The Morgan fingerprint density at radius 3 is 1.73 bits per heavy atom. The fourth-order valence-corrected chi connectivity index (χ4v) is 2.70. The van der Waals surface area contributed by atoms with Gasteiger partial charge < -0.3 is 5.32 Å². The smallest absolute Gasteiger partial charge is 0.251 e. The first kappa shape index (κ1) is 16.6. The molecule has 0 saturated heterocycles.